The number of ether oxygens (including phenoxy) is 1. The van der Waals surface area contributed by atoms with E-state index < -0.39 is 6.03 Å². The summed E-state index contributed by atoms with van der Waals surface area (Å²) >= 11 is 6.42. The Bertz CT molecular complexity index is 1260. The molecule has 1 saturated heterocycles. The molecule has 8 heteroatoms. The Morgan fingerprint density at radius 1 is 1.03 bits per heavy atom. The van der Waals surface area contributed by atoms with Crippen molar-refractivity contribution < 1.29 is 14.1 Å². The zero-order chi connectivity index (χ0) is 26.3. The van der Waals surface area contributed by atoms with Gasteiger partial charge in [0.05, 0.1) is 5.02 Å². The van der Waals surface area contributed by atoms with Gasteiger partial charge in [0.25, 0.3) is 0 Å². The zero-order valence-electron chi connectivity index (χ0n) is 21.6. The van der Waals surface area contributed by atoms with Gasteiger partial charge in [-0.1, -0.05) is 55.8 Å². The van der Waals surface area contributed by atoms with Crippen molar-refractivity contribution in [2.24, 2.45) is 0 Å². The lowest BCUT2D eigenvalue weighted by Gasteiger charge is -2.26. The third-order valence-electron chi connectivity index (χ3n) is 6.03. The number of piperidine rings is 1. The van der Waals surface area contributed by atoms with E-state index in [0.717, 1.165) is 30.8 Å². The Kier molecular flexibility index (Phi) is 8.75. The number of aromatic nitrogens is 1. The Balaban J connectivity index is 1.27. The number of carbonyl (C=O) groups is 1. The highest BCUT2D eigenvalue weighted by molar-refractivity contribution is 6.32. The lowest BCUT2D eigenvalue weighted by molar-refractivity contribution is 0.183. The number of anilines is 2. The third kappa shape index (κ3) is 8.01. The van der Waals surface area contributed by atoms with Crippen LogP contribution in [0.25, 0.3) is 0 Å². The number of amides is 2. The van der Waals surface area contributed by atoms with Gasteiger partial charge < -0.3 is 14.6 Å². The molecule has 2 N–H and O–H groups in total. The summed E-state index contributed by atoms with van der Waals surface area (Å²) in [7, 11) is 0. The number of likely N-dealkylation sites (tertiary alicyclic amines) is 1. The van der Waals surface area contributed by atoms with Crippen LogP contribution >= 0.6 is 11.6 Å². The number of nitrogens with one attached hydrogen (secondary N) is 2. The van der Waals surface area contributed by atoms with Crippen molar-refractivity contribution in [3.8, 4) is 17.6 Å². The van der Waals surface area contributed by atoms with Crippen LogP contribution < -0.4 is 15.4 Å². The van der Waals surface area contributed by atoms with Crippen molar-refractivity contribution in [1.29, 1.82) is 0 Å². The molecule has 2 heterocycles. The molecule has 1 aromatic heterocycles. The molecule has 7 nitrogen and oxygen atoms in total. The van der Waals surface area contributed by atoms with Gasteiger partial charge >= 0.3 is 6.03 Å². The molecule has 2 amide bonds. The minimum atomic E-state index is -0.402. The van der Waals surface area contributed by atoms with Gasteiger partial charge in [0.1, 0.15) is 18.1 Å². The monoisotopic (exact) mass is 520 g/mol. The summed E-state index contributed by atoms with van der Waals surface area (Å²) in [6.45, 7) is 9.88. The van der Waals surface area contributed by atoms with E-state index in [1.165, 1.54) is 19.3 Å². The number of hydrogen-bond acceptors (Lipinski definition) is 5. The average molecular weight is 521 g/mol. The number of carbonyl (C=O) groups excluding carboxylic acids is 1. The summed E-state index contributed by atoms with van der Waals surface area (Å²) in [6, 6.07) is 14.2. The number of benzene rings is 2. The largest absolute Gasteiger partial charge is 0.491 e. The summed E-state index contributed by atoms with van der Waals surface area (Å²) in [4.78, 5) is 14.7. The second kappa shape index (κ2) is 12.2. The van der Waals surface area contributed by atoms with Crippen LogP contribution in [0.15, 0.2) is 53.1 Å². The topological polar surface area (TPSA) is 79.6 Å². The minimum absolute atomic E-state index is 0.186. The molecule has 0 radical (unpaired) electrons. The molecule has 0 aliphatic carbocycles. The fourth-order valence-electron chi connectivity index (χ4n) is 3.91. The first-order valence-electron chi connectivity index (χ1n) is 12.6. The highest BCUT2D eigenvalue weighted by Gasteiger charge is 2.20. The summed E-state index contributed by atoms with van der Waals surface area (Å²) in [5.74, 6) is 7.99. The van der Waals surface area contributed by atoms with E-state index in [0.29, 0.717) is 34.6 Å². The number of hydrogen-bond donors (Lipinski definition) is 2. The molecule has 4 rings (SSSR count). The van der Waals surface area contributed by atoms with Crippen molar-refractivity contribution in [2.45, 2.75) is 45.4 Å². The van der Waals surface area contributed by atoms with E-state index in [-0.39, 0.29) is 5.41 Å². The summed E-state index contributed by atoms with van der Waals surface area (Å²) in [5.41, 5.74) is 2.07. The number of rotatable bonds is 6. The van der Waals surface area contributed by atoms with Crippen molar-refractivity contribution in [1.82, 2.24) is 10.1 Å². The lowest BCUT2D eigenvalue weighted by Crippen LogP contribution is -2.33. The Hall–Kier alpha value is -3.47. The molecule has 2 aromatic carbocycles. The van der Waals surface area contributed by atoms with Gasteiger partial charge in [-0.15, -0.1) is 0 Å². The average Bonchev–Trinajstić information content (AvgIpc) is 3.34. The summed E-state index contributed by atoms with van der Waals surface area (Å²) < 4.78 is 11.2. The van der Waals surface area contributed by atoms with E-state index in [2.05, 4.69) is 32.5 Å². The van der Waals surface area contributed by atoms with Crippen molar-refractivity contribution in [3.05, 3.63) is 70.4 Å². The van der Waals surface area contributed by atoms with Gasteiger partial charge in [0, 0.05) is 34.8 Å². The van der Waals surface area contributed by atoms with E-state index in [1.807, 2.05) is 51.1 Å². The molecule has 0 saturated carbocycles. The Morgan fingerprint density at radius 2 is 1.73 bits per heavy atom. The highest BCUT2D eigenvalue weighted by atomic mass is 35.5. The van der Waals surface area contributed by atoms with Gasteiger partial charge in [-0.3, -0.25) is 10.2 Å². The van der Waals surface area contributed by atoms with Crippen LogP contribution in [0, 0.1) is 11.8 Å². The normalized spacial score (nSPS) is 13.9. The predicted molar refractivity (Wildman–Crippen MR) is 148 cm³/mol. The fourth-order valence-corrected chi connectivity index (χ4v) is 4.15. The van der Waals surface area contributed by atoms with Crippen molar-refractivity contribution in [2.75, 3.05) is 36.9 Å². The van der Waals surface area contributed by atoms with Gasteiger partial charge in [-0.2, -0.15) is 0 Å². The SMILES string of the molecule is CC(C)(C)c1cc(NC(=O)Nc2ccc(C#Cc3ccc(OCCN4CCCCC4)c(Cl)c3)cc2)no1. The molecule has 194 valence electrons. The van der Waals surface area contributed by atoms with Crippen molar-refractivity contribution in [3.63, 3.8) is 0 Å². The molecule has 1 aliphatic heterocycles. The fraction of sp³-hybridized carbons (Fsp3) is 0.379. The number of nitrogens with zero attached hydrogens (tertiary/aromatic N) is 2. The number of urea groups is 1. The quantitative estimate of drug-likeness (QED) is 0.361. The zero-order valence-corrected chi connectivity index (χ0v) is 22.3. The smallest absolute Gasteiger partial charge is 0.324 e. The Labute approximate surface area is 223 Å². The second-order valence-electron chi connectivity index (χ2n) is 10.1. The van der Waals surface area contributed by atoms with E-state index in [4.69, 9.17) is 20.9 Å². The number of halogens is 1. The summed E-state index contributed by atoms with van der Waals surface area (Å²) in [5, 5.41) is 9.90. The van der Waals surface area contributed by atoms with Crippen LogP contribution in [-0.4, -0.2) is 42.3 Å². The molecular weight excluding hydrogens is 488 g/mol. The first-order valence-corrected chi connectivity index (χ1v) is 13.0. The van der Waals surface area contributed by atoms with Crippen LogP contribution in [0.3, 0.4) is 0 Å². The Morgan fingerprint density at radius 3 is 2.41 bits per heavy atom. The molecule has 0 unspecified atom stereocenters. The van der Waals surface area contributed by atoms with Crippen LogP contribution in [0.2, 0.25) is 5.02 Å². The molecule has 1 fully saturated rings. The van der Waals surface area contributed by atoms with Gasteiger partial charge in [0.2, 0.25) is 0 Å². The standard InChI is InChI=1S/C29H33ClN4O3/c1-29(2,3)26-20-27(33-37-26)32-28(35)31-23-12-9-21(10-13-23)7-8-22-11-14-25(24(30)19-22)36-18-17-34-15-5-4-6-16-34/h9-14,19-20H,4-6,15-18H2,1-3H3,(H2,31,32,33,35). The maximum absolute atomic E-state index is 12.3. The van der Waals surface area contributed by atoms with Gasteiger partial charge in [-0.25, -0.2) is 4.79 Å². The highest BCUT2D eigenvalue weighted by Crippen LogP contribution is 2.26. The molecule has 0 spiro atoms. The van der Waals surface area contributed by atoms with E-state index in [1.54, 1.807) is 18.2 Å². The first-order chi connectivity index (χ1) is 17.8. The molecule has 3 aromatic rings. The maximum atomic E-state index is 12.3. The third-order valence-corrected chi connectivity index (χ3v) is 6.33. The van der Waals surface area contributed by atoms with Gasteiger partial charge in [0.15, 0.2) is 5.82 Å². The van der Waals surface area contributed by atoms with E-state index >= 15 is 0 Å². The predicted octanol–water partition coefficient (Wildman–Crippen LogP) is 6.53. The molecule has 1 aliphatic rings. The van der Waals surface area contributed by atoms with Crippen LogP contribution in [-0.2, 0) is 5.41 Å². The summed E-state index contributed by atoms with van der Waals surface area (Å²) in [6.07, 6.45) is 3.86. The molecule has 0 atom stereocenters. The molecular formula is C29H33ClN4O3. The van der Waals surface area contributed by atoms with E-state index in [9.17, 15) is 4.79 Å². The molecule has 37 heavy (non-hydrogen) atoms. The second-order valence-corrected chi connectivity index (χ2v) is 10.5. The maximum Gasteiger partial charge on any atom is 0.324 e. The first kappa shape index (κ1) is 26.6. The minimum Gasteiger partial charge on any atom is -0.491 e. The van der Waals surface area contributed by atoms with Crippen LogP contribution in [0.4, 0.5) is 16.3 Å². The van der Waals surface area contributed by atoms with Crippen molar-refractivity contribution >= 4 is 29.1 Å². The molecule has 0 bridgehead atoms. The van der Waals surface area contributed by atoms with Gasteiger partial charge in [-0.05, 0) is 68.4 Å². The van der Waals surface area contributed by atoms with Crippen LogP contribution in [0.5, 0.6) is 5.75 Å². The van der Waals surface area contributed by atoms with Crippen LogP contribution in [0.1, 0.15) is 56.9 Å². The lowest BCUT2D eigenvalue weighted by atomic mass is 9.93.